The normalized spacial score (nSPS) is 10.0. The van der Waals surface area contributed by atoms with Crippen molar-refractivity contribution in [2.75, 3.05) is 26.1 Å². The van der Waals surface area contributed by atoms with Gasteiger partial charge in [0.15, 0.2) is 11.5 Å². The zero-order valence-corrected chi connectivity index (χ0v) is 13.4. The molecule has 0 heterocycles. The highest BCUT2D eigenvalue weighted by atomic mass is 16.5. The van der Waals surface area contributed by atoms with Crippen molar-refractivity contribution in [3.63, 3.8) is 0 Å². The summed E-state index contributed by atoms with van der Waals surface area (Å²) >= 11 is 0. The Morgan fingerprint density at radius 2 is 1.65 bits per heavy atom. The summed E-state index contributed by atoms with van der Waals surface area (Å²) in [5.41, 5.74) is 0.751. The van der Waals surface area contributed by atoms with Crippen molar-refractivity contribution in [1.82, 2.24) is 0 Å². The van der Waals surface area contributed by atoms with Gasteiger partial charge >= 0.3 is 0 Å². The van der Waals surface area contributed by atoms with Crippen LogP contribution in [0, 0.1) is 0 Å². The van der Waals surface area contributed by atoms with E-state index in [0.29, 0.717) is 30.9 Å². The number of carbonyl (C=O) groups excluding carboxylic acids is 1. The second-order valence-electron chi connectivity index (χ2n) is 4.88. The number of hydrogen-bond acceptors (Lipinski definition) is 4. The van der Waals surface area contributed by atoms with Crippen LogP contribution in [0.2, 0.25) is 0 Å². The Labute approximate surface area is 136 Å². The summed E-state index contributed by atoms with van der Waals surface area (Å²) in [7, 11) is 3.21. The molecule has 0 aliphatic heterocycles. The molecule has 0 radical (unpaired) electrons. The molecule has 0 aliphatic rings. The minimum absolute atomic E-state index is 0.0428. The van der Waals surface area contributed by atoms with Crippen LogP contribution in [0.5, 0.6) is 17.2 Å². The highest BCUT2D eigenvalue weighted by Crippen LogP contribution is 2.25. The number of anilines is 1. The van der Waals surface area contributed by atoms with Crippen molar-refractivity contribution in [1.29, 1.82) is 0 Å². The van der Waals surface area contributed by atoms with E-state index in [4.69, 9.17) is 14.2 Å². The van der Waals surface area contributed by atoms with Gasteiger partial charge in [-0.1, -0.05) is 12.1 Å². The first-order valence-electron chi connectivity index (χ1n) is 7.42. The highest BCUT2D eigenvalue weighted by molar-refractivity contribution is 5.90. The Hall–Kier alpha value is -2.69. The van der Waals surface area contributed by atoms with Gasteiger partial charge in [0.1, 0.15) is 5.75 Å². The van der Waals surface area contributed by atoms with Gasteiger partial charge in [0.05, 0.1) is 20.8 Å². The first-order valence-corrected chi connectivity index (χ1v) is 7.42. The molecule has 23 heavy (non-hydrogen) atoms. The fraction of sp³-hybridized carbons (Fsp3) is 0.278. The molecular formula is C18H21NO4. The number of benzene rings is 2. The number of rotatable bonds is 8. The van der Waals surface area contributed by atoms with Gasteiger partial charge in [0.25, 0.3) is 0 Å². The number of hydrogen-bond donors (Lipinski definition) is 1. The number of nitrogens with one attached hydrogen (secondary N) is 1. The maximum absolute atomic E-state index is 11.9. The molecule has 0 saturated heterocycles. The van der Waals surface area contributed by atoms with E-state index >= 15 is 0 Å². The minimum Gasteiger partial charge on any atom is -0.497 e. The van der Waals surface area contributed by atoms with Crippen molar-refractivity contribution in [3.05, 3.63) is 48.5 Å². The zero-order chi connectivity index (χ0) is 16.5. The van der Waals surface area contributed by atoms with Crippen LogP contribution in [-0.2, 0) is 4.79 Å². The van der Waals surface area contributed by atoms with Gasteiger partial charge in [-0.05, 0) is 42.8 Å². The molecule has 2 aromatic carbocycles. The summed E-state index contributed by atoms with van der Waals surface area (Å²) in [5.74, 6) is 2.09. The van der Waals surface area contributed by atoms with Crippen molar-refractivity contribution in [2.24, 2.45) is 0 Å². The molecule has 0 spiro atoms. The lowest BCUT2D eigenvalue weighted by atomic mass is 10.2. The third-order valence-corrected chi connectivity index (χ3v) is 3.25. The van der Waals surface area contributed by atoms with Crippen molar-refractivity contribution >= 4 is 11.6 Å². The second kappa shape index (κ2) is 8.68. The van der Waals surface area contributed by atoms with Crippen LogP contribution in [0.3, 0.4) is 0 Å². The van der Waals surface area contributed by atoms with E-state index in [1.54, 1.807) is 26.4 Å². The molecule has 5 heteroatoms. The topological polar surface area (TPSA) is 56.8 Å². The SMILES string of the molecule is COc1ccc(NC(=O)CCCOc2ccccc2OC)cc1. The van der Waals surface area contributed by atoms with Gasteiger partial charge in [0, 0.05) is 12.1 Å². The number of methoxy groups -OCH3 is 2. The summed E-state index contributed by atoms with van der Waals surface area (Å²) in [6, 6.07) is 14.7. The van der Waals surface area contributed by atoms with E-state index < -0.39 is 0 Å². The van der Waals surface area contributed by atoms with Gasteiger partial charge in [-0.25, -0.2) is 0 Å². The Balaban J connectivity index is 1.72. The number of ether oxygens (including phenoxy) is 3. The van der Waals surface area contributed by atoms with Gasteiger partial charge < -0.3 is 19.5 Å². The van der Waals surface area contributed by atoms with Gasteiger partial charge in [-0.15, -0.1) is 0 Å². The Morgan fingerprint density at radius 1 is 0.957 bits per heavy atom. The smallest absolute Gasteiger partial charge is 0.224 e. The summed E-state index contributed by atoms with van der Waals surface area (Å²) in [4.78, 5) is 11.9. The second-order valence-corrected chi connectivity index (χ2v) is 4.88. The molecule has 0 saturated carbocycles. The van der Waals surface area contributed by atoms with E-state index in [1.165, 1.54) is 0 Å². The van der Waals surface area contributed by atoms with E-state index in [1.807, 2.05) is 36.4 Å². The first-order chi connectivity index (χ1) is 11.2. The predicted octanol–water partition coefficient (Wildman–Crippen LogP) is 3.50. The predicted molar refractivity (Wildman–Crippen MR) is 89.3 cm³/mol. The minimum atomic E-state index is -0.0428. The Morgan fingerprint density at radius 3 is 2.30 bits per heavy atom. The molecule has 5 nitrogen and oxygen atoms in total. The van der Waals surface area contributed by atoms with Crippen LogP contribution < -0.4 is 19.5 Å². The number of para-hydroxylation sites is 2. The van der Waals surface area contributed by atoms with Crippen molar-refractivity contribution in [3.8, 4) is 17.2 Å². The molecule has 1 amide bonds. The van der Waals surface area contributed by atoms with Crippen molar-refractivity contribution in [2.45, 2.75) is 12.8 Å². The van der Waals surface area contributed by atoms with Crippen LogP contribution in [0.15, 0.2) is 48.5 Å². The molecule has 122 valence electrons. The quantitative estimate of drug-likeness (QED) is 0.758. The third kappa shape index (κ3) is 5.21. The number of amides is 1. The standard InChI is InChI=1S/C18H21NO4/c1-21-15-11-9-14(10-12-15)19-18(20)8-5-13-23-17-7-4-3-6-16(17)22-2/h3-4,6-7,9-12H,5,8,13H2,1-2H3,(H,19,20). The fourth-order valence-electron chi connectivity index (χ4n) is 2.05. The lowest BCUT2D eigenvalue weighted by Gasteiger charge is -2.10. The molecular weight excluding hydrogens is 294 g/mol. The van der Waals surface area contributed by atoms with E-state index in [9.17, 15) is 4.79 Å². The summed E-state index contributed by atoms with van der Waals surface area (Å²) in [6.45, 7) is 0.455. The molecule has 0 bridgehead atoms. The Kier molecular flexibility index (Phi) is 6.29. The van der Waals surface area contributed by atoms with E-state index in [0.717, 1.165) is 11.4 Å². The largest absolute Gasteiger partial charge is 0.497 e. The van der Waals surface area contributed by atoms with Crippen LogP contribution in [0.1, 0.15) is 12.8 Å². The van der Waals surface area contributed by atoms with Gasteiger partial charge in [0.2, 0.25) is 5.91 Å². The molecule has 0 aromatic heterocycles. The van der Waals surface area contributed by atoms with E-state index in [2.05, 4.69) is 5.32 Å². The van der Waals surface area contributed by atoms with Crippen LogP contribution >= 0.6 is 0 Å². The molecule has 2 rings (SSSR count). The third-order valence-electron chi connectivity index (χ3n) is 3.25. The van der Waals surface area contributed by atoms with E-state index in [-0.39, 0.29) is 5.91 Å². The van der Waals surface area contributed by atoms with Gasteiger partial charge in [-0.2, -0.15) is 0 Å². The maximum atomic E-state index is 11.9. The maximum Gasteiger partial charge on any atom is 0.224 e. The average molecular weight is 315 g/mol. The molecule has 0 atom stereocenters. The number of carbonyl (C=O) groups is 1. The monoisotopic (exact) mass is 315 g/mol. The molecule has 1 N–H and O–H groups in total. The molecule has 0 fully saturated rings. The lowest BCUT2D eigenvalue weighted by molar-refractivity contribution is -0.116. The molecule has 2 aromatic rings. The summed E-state index contributed by atoms with van der Waals surface area (Å²) < 4.78 is 15.9. The lowest BCUT2D eigenvalue weighted by Crippen LogP contribution is -2.12. The summed E-state index contributed by atoms with van der Waals surface area (Å²) in [5, 5.41) is 2.84. The van der Waals surface area contributed by atoms with Crippen molar-refractivity contribution < 1.29 is 19.0 Å². The Bertz CT molecular complexity index is 625. The molecule has 0 aliphatic carbocycles. The molecule has 0 unspecified atom stereocenters. The zero-order valence-electron chi connectivity index (χ0n) is 13.4. The van der Waals surface area contributed by atoms with Crippen LogP contribution in [-0.4, -0.2) is 26.7 Å². The summed E-state index contributed by atoms with van der Waals surface area (Å²) in [6.07, 6.45) is 1.02. The van der Waals surface area contributed by atoms with Crippen LogP contribution in [0.4, 0.5) is 5.69 Å². The average Bonchev–Trinajstić information content (AvgIpc) is 2.59. The van der Waals surface area contributed by atoms with Gasteiger partial charge in [-0.3, -0.25) is 4.79 Å². The fourth-order valence-corrected chi connectivity index (χ4v) is 2.05. The first kappa shape index (κ1) is 16.7. The highest BCUT2D eigenvalue weighted by Gasteiger charge is 2.05. The van der Waals surface area contributed by atoms with Crippen LogP contribution in [0.25, 0.3) is 0 Å².